The number of nitrogens with zero attached hydrogens (tertiary/aromatic N) is 1. The van der Waals surface area contributed by atoms with Crippen molar-refractivity contribution in [3.05, 3.63) is 52.6 Å². The van der Waals surface area contributed by atoms with Gasteiger partial charge in [0.05, 0.1) is 24.7 Å². The van der Waals surface area contributed by atoms with Crippen LogP contribution in [0.4, 0.5) is 0 Å². The maximum absolute atomic E-state index is 12.5. The van der Waals surface area contributed by atoms with Gasteiger partial charge in [0.15, 0.2) is 0 Å². The Morgan fingerprint density at radius 3 is 2.77 bits per heavy atom. The summed E-state index contributed by atoms with van der Waals surface area (Å²) in [5.41, 5.74) is 7.07. The topological polar surface area (TPSA) is 94.6 Å². The first-order valence-corrected chi connectivity index (χ1v) is 8.57. The van der Waals surface area contributed by atoms with Crippen LogP contribution in [0.15, 0.2) is 47.1 Å². The van der Waals surface area contributed by atoms with E-state index in [2.05, 4.69) is 19.9 Å². The highest BCUT2D eigenvalue weighted by atomic mass is 16.5. The van der Waals surface area contributed by atoms with Crippen LogP contribution < -0.4 is 10.5 Å². The SMILES string of the molecule is CCOC(=O)C1=C(C)OC(N)=C(C#N)C1c1cccc(OCC(C)C)c1. The number of hydrogen-bond donors (Lipinski definition) is 1. The molecule has 0 radical (unpaired) electrons. The molecule has 1 aromatic rings. The molecule has 0 amide bonds. The molecule has 0 spiro atoms. The van der Waals surface area contributed by atoms with Crippen molar-refractivity contribution in [2.75, 3.05) is 13.2 Å². The van der Waals surface area contributed by atoms with Crippen LogP contribution in [0.1, 0.15) is 39.2 Å². The Bertz CT molecular complexity index is 787. The van der Waals surface area contributed by atoms with Crippen molar-refractivity contribution < 1.29 is 19.0 Å². The summed E-state index contributed by atoms with van der Waals surface area (Å²) in [7, 11) is 0. The Morgan fingerprint density at radius 1 is 1.42 bits per heavy atom. The molecule has 138 valence electrons. The minimum Gasteiger partial charge on any atom is -0.493 e. The van der Waals surface area contributed by atoms with Gasteiger partial charge < -0.3 is 19.9 Å². The highest BCUT2D eigenvalue weighted by Gasteiger charge is 2.36. The Morgan fingerprint density at radius 2 is 2.15 bits per heavy atom. The summed E-state index contributed by atoms with van der Waals surface area (Å²) < 4.78 is 16.3. The molecule has 0 bridgehead atoms. The summed E-state index contributed by atoms with van der Waals surface area (Å²) >= 11 is 0. The van der Waals surface area contributed by atoms with Gasteiger partial charge in [-0.2, -0.15) is 5.26 Å². The smallest absolute Gasteiger partial charge is 0.338 e. The molecule has 0 fully saturated rings. The molecule has 2 N–H and O–H groups in total. The molecular weight excluding hydrogens is 332 g/mol. The van der Waals surface area contributed by atoms with E-state index >= 15 is 0 Å². The molecule has 0 aromatic heterocycles. The molecule has 0 saturated carbocycles. The molecule has 6 heteroatoms. The van der Waals surface area contributed by atoms with Gasteiger partial charge in [0, 0.05) is 0 Å². The van der Waals surface area contributed by atoms with E-state index in [9.17, 15) is 10.1 Å². The van der Waals surface area contributed by atoms with Crippen LogP contribution in [0.5, 0.6) is 5.75 Å². The Labute approximate surface area is 153 Å². The standard InChI is InChI=1S/C20H24N2O4/c1-5-24-20(23)17-13(4)26-19(22)16(10-21)18(17)14-7-6-8-15(9-14)25-11-12(2)3/h6-9,12,18H,5,11,22H2,1-4H3. The maximum Gasteiger partial charge on any atom is 0.338 e. The molecule has 1 aliphatic rings. The van der Waals surface area contributed by atoms with E-state index in [0.29, 0.717) is 24.0 Å². The van der Waals surface area contributed by atoms with Crippen LogP contribution in [0.3, 0.4) is 0 Å². The number of allylic oxidation sites excluding steroid dienone is 2. The van der Waals surface area contributed by atoms with Gasteiger partial charge in [-0.15, -0.1) is 0 Å². The van der Waals surface area contributed by atoms with Crippen LogP contribution in [0.2, 0.25) is 0 Å². The molecular formula is C20H24N2O4. The van der Waals surface area contributed by atoms with Crippen LogP contribution in [0.25, 0.3) is 0 Å². The molecule has 1 aromatic carbocycles. The molecule has 6 nitrogen and oxygen atoms in total. The highest BCUT2D eigenvalue weighted by molar-refractivity contribution is 5.92. The number of hydrogen-bond acceptors (Lipinski definition) is 6. The van der Waals surface area contributed by atoms with Gasteiger partial charge in [0.1, 0.15) is 23.2 Å². The number of ether oxygens (including phenoxy) is 3. The number of rotatable bonds is 6. The van der Waals surface area contributed by atoms with Gasteiger partial charge in [-0.05, 0) is 37.5 Å². The number of benzene rings is 1. The number of esters is 1. The molecule has 1 atom stereocenters. The zero-order valence-electron chi connectivity index (χ0n) is 15.5. The molecule has 1 aliphatic heterocycles. The number of nitriles is 1. The largest absolute Gasteiger partial charge is 0.493 e. The average Bonchev–Trinajstić information content (AvgIpc) is 2.59. The Hall–Kier alpha value is -2.94. The van der Waals surface area contributed by atoms with E-state index in [1.807, 2.05) is 24.3 Å². The Balaban J connectivity index is 2.50. The van der Waals surface area contributed by atoms with Gasteiger partial charge in [0.2, 0.25) is 5.88 Å². The van der Waals surface area contributed by atoms with Crippen molar-refractivity contribution in [1.82, 2.24) is 0 Å². The van der Waals surface area contributed by atoms with E-state index < -0.39 is 11.9 Å². The normalized spacial score (nSPS) is 17.0. The minimum absolute atomic E-state index is 0.00319. The fraction of sp³-hybridized carbons (Fsp3) is 0.400. The van der Waals surface area contributed by atoms with E-state index in [0.717, 1.165) is 5.56 Å². The number of carbonyl (C=O) groups excluding carboxylic acids is 1. The lowest BCUT2D eigenvalue weighted by Crippen LogP contribution is -2.25. The van der Waals surface area contributed by atoms with Gasteiger partial charge in [-0.1, -0.05) is 26.0 Å². The first kappa shape index (κ1) is 19.4. The molecule has 0 aliphatic carbocycles. The second-order valence-corrected chi connectivity index (χ2v) is 6.39. The van der Waals surface area contributed by atoms with Crippen molar-refractivity contribution in [2.24, 2.45) is 11.7 Å². The molecule has 26 heavy (non-hydrogen) atoms. The zero-order valence-corrected chi connectivity index (χ0v) is 15.5. The third-order valence-electron chi connectivity index (χ3n) is 3.88. The quantitative estimate of drug-likeness (QED) is 0.785. The van der Waals surface area contributed by atoms with Gasteiger partial charge >= 0.3 is 5.97 Å². The van der Waals surface area contributed by atoms with Crippen molar-refractivity contribution in [3.8, 4) is 11.8 Å². The third kappa shape index (κ3) is 4.17. The van der Waals surface area contributed by atoms with E-state index in [1.54, 1.807) is 13.8 Å². The van der Waals surface area contributed by atoms with Gasteiger partial charge in [-0.3, -0.25) is 0 Å². The lowest BCUT2D eigenvalue weighted by molar-refractivity contribution is -0.139. The van der Waals surface area contributed by atoms with Crippen LogP contribution in [-0.4, -0.2) is 19.2 Å². The summed E-state index contributed by atoms with van der Waals surface area (Å²) in [6.45, 7) is 8.28. The predicted octanol–water partition coefficient (Wildman–Crippen LogP) is 3.37. The van der Waals surface area contributed by atoms with E-state index in [1.165, 1.54) is 0 Å². The number of carbonyl (C=O) groups is 1. The molecule has 0 saturated heterocycles. The van der Waals surface area contributed by atoms with Crippen LogP contribution in [-0.2, 0) is 14.3 Å². The molecule has 1 heterocycles. The van der Waals surface area contributed by atoms with Crippen molar-refractivity contribution >= 4 is 5.97 Å². The van der Waals surface area contributed by atoms with Gasteiger partial charge in [0.25, 0.3) is 0 Å². The monoisotopic (exact) mass is 356 g/mol. The average molecular weight is 356 g/mol. The molecule has 1 unspecified atom stereocenters. The summed E-state index contributed by atoms with van der Waals surface area (Å²) in [6, 6.07) is 9.37. The van der Waals surface area contributed by atoms with Crippen LogP contribution in [0, 0.1) is 17.2 Å². The zero-order chi connectivity index (χ0) is 19.3. The first-order chi connectivity index (χ1) is 12.4. The summed E-state index contributed by atoms with van der Waals surface area (Å²) in [4.78, 5) is 12.5. The van der Waals surface area contributed by atoms with Crippen molar-refractivity contribution in [3.63, 3.8) is 0 Å². The Kier molecular flexibility index (Phi) is 6.29. The first-order valence-electron chi connectivity index (χ1n) is 8.57. The van der Waals surface area contributed by atoms with E-state index in [-0.39, 0.29) is 23.6 Å². The third-order valence-corrected chi connectivity index (χ3v) is 3.88. The summed E-state index contributed by atoms with van der Waals surface area (Å²) in [5.74, 6) is 0.192. The second-order valence-electron chi connectivity index (χ2n) is 6.39. The fourth-order valence-electron chi connectivity index (χ4n) is 2.73. The van der Waals surface area contributed by atoms with Crippen LogP contribution >= 0.6 is 0 Å². The van der Waals surface area contributed by atoms with Gasteiger partial charge in [-0.25, -0.2) is 4.79 Å². The summed E-state index contributed by atoms with van der Waals surface area (Å²) in [6.07, 6.45) is 0. The maximum atomic E-state index is 12.5. The lowest BCUT2D eigenvalue weighted by Gasteiger charge is -2.27. The number of nitrogens with two attached hydrogens (primary N) is 1. The highest BCUT2D eigenvalue weighted by Crippen LogP contribution is 2.40. The van der Waals surface area contributed by atoms with E-state index in [4.69, 9.17) is 19.9 Å². The molecule has 2 rings (SSSR count). The van der Waals surface area contributed by atoms with Crippen molar-refractivity contribution in [1.29, 1.82) is 5.26 Å². The summed E-state index contributed by atoms with van der Waals surface area (Å²) in [5, 5.41) is 9.58. The lowest BCUT2D eigenvalue weighted by atomic mass is 9.83. The van der Waals surface area contributed by atoms with Crippen molar-refractivity contribution in [2.45, 2.75) is 33.6 Å². The fourth-order valence-corrected chi connectivity index (χ4v) is 2.73. The second kappa shape index (κ2) is 8.43. The minimum atomic E-state index is -0.657. The predicted molar refractivity (Wildman–Crippen MR) is 96.8 cm³/mol.